The van der Waals surface area contributed by atoms with Crippen molar-refractivity contribution in [1.82, 2.24) is 4.98 Å². The minimum absolute atomic E-state index is 0.0231. The zero-order valence-electron chi connectivity index (χ0n) is 8.96. The first-order chi connectivity index (χ1) is 8.25. The second-order valence-corrected chi connectivity index (χ2v) is 5.02. The molecule has 0 spiro atoms. The maximum absolute atomic E-state index is 12.0. The molecule has 2 heterocycles. The van der Waals surface area contributed by atoms with Crippen LogP contribution in [0.4, 0.5) is 0 Å². The number of halogens is 1. The van der Waals surface area contributed by atoms with Gasteiger partial charge in [-0.2, -0.15) is 0 Å². The lowest BCUT2D eigenvalue weighted by Gasteiger charge is -2.08. The average molecular weight is 343 g/mol. The Labute approximate surface area is 111 Å². The fourth-order valence-electron chi connectivity index (χ4n) is 1.85. The van der Waals surface area contributed by atoms with Gasteiger partial charge in [-0.25, -0.2) is 0 Å². The van der Waals surface area contributed by atoms with Crippen LogP contribution < -0.4 is 14.9 Å². The number of aromatic amines is 1. The molecule has 1 aliphatic rings. The van der Waals surface area contributed by atoms with Crippen LogP contribution in [0.5, 0.6) is 11.5 Å². The van der Waals surface area contributed by atoms with Crippen molar-refractivity contribution in [3.05, 3.63) is 32.1 Å². The molecule has 0 atom stereocenters. The molecule has 0 bridgehead atoms. The van der Waals surface area contributed by atoms with Gasteiger partial charge in [0.15, 0.2) is 11.5 Å². The van der Waals surface area contributed by atoms with Crippen LogP contribution in [-0.4, -0.2) is 18.2 Å². The third kappa shape index (κ3) is 1.88. The summed E-state index contributed by atoms with van der Waals surface area (Å²) in [6.07, 6.45) is 2.56. The Bertz CT molecular complexity index is 635. The van der Waals surface area contributed by atoms with E-state index >= 15 is 0 Å². The summed E-state index contributed by atoms with van der Waals surface area (Å²) in [7, 11) is 0. The van der Waals surface area contributed by atoms with Gasteiger partial charge in [0.05, 0.1) is 27.7 Å². The molecule has 4 nitrogen and oxygen atoms in total. The first kappa shape index (κ1) is 10.9. The molecule has 0 saturated heterocycles. The van der Waals surface area contributed by atoms with Crippen molar-refractivity contribution < 1.29 is 9.47 Å². The van der Waals surface area contributed by atoms with Crippen molar-refractivity contribution in [2.24, 2.45) is 0 Å². The standard InChI is InChI=1S/C12H10INO3/c13-8-6-14-9-5-11-10(4-7(9)12(8)15)16-2-1-3-17-11/h4-6H,1-3H2,(H,14,15). The van der Waals surface area contributed by atoms with Crippen LogP contribution in [0, 0.1) is 3.57 Å². The Morgan fingerprint density at radius 1 is 1.18 bits per heavy atom. The van der Waals surface area contributed by atoms with Gasteiger partial charge in [0.25, 0.3) is 0 Å². The lowest BCUT2D eigenvalue weighted by molar-refractivity contribution is 0.297. The van der Waals surface area contributed by atoms with E-state index in [9.17, 15) is 4.79 Å². The smallest absolute Gasteiger partial charge is 0.202 e. The largest absolute Gasteiger partial charge is 0.490 e. The molecule has 1 aliphatic heterocycles. The van der Waals surface area contributed by atoms with E-state index in [1.807, 2.05) is 28.7 Å². The molecule has 1 N–H and O–H groups in total. The van der Waals surface area contributed by atoms with Crippen molar-refractivity contribution in [3.8, 4) is 11.5 Å². The zero-order valence-corrected chi connectivity index (χ0v) is 11.1. The number of H-pyrrole nitrogens is 1. The number of aromatic nitrogens is 1. The molecule has 0 fully saturated rings. The van der Waals surface area contributed by atoms with Crippen LogP contribution in [0.3, 0.4) is 0 Å². The number of hydrogen-bond acceptors (Lipinski definition) is 3. The highest BCUT2D eigenvalue weighted by Crippen LogP contribution is 2.32. The number of fused-ring (bicyclic) bond motifs is 2. The Hall–Kier alpha value is -1.24. The van der Waals surface area contributed by atoms with Gasteiger partial charge < -0.3 is 14.5 Å². The number of pyridine rings is 1. The van der Waals surface area contributed by atoms with E-state index in [-0.39, 0.29) is 5.43 Å². The van der Waals surface area contributed by atoms with Crippen LogP contribution >= 0.6 is 22.6 Å². The topological polar surface area (TPSA) is 51.3 Å². The summed E-state index contributed by atoms with van der Waals surface area (Å²) in [4.78, 5) is 15.1. The van der Waals surface area contributed by atoms with E-state index in [1.54, 1.807) is 12.3 Å². The summed E-state index contributed by atoms with van der Waals surface area (Å²) in [5, 5.41) is 0.640. The minimum atomic E-state index is 0.0231. The molecule has 1 aromatic heterocycles. The average Bonchev–Trinajstić information content (AvgIpc) is 2.57. The molecular weight excluding hydrogens is 333 g/mol. The third-order valence-corrected chi connectivity index (χ3v) is 3.50. The molecule has 0 saturated carbocycles. The summed E-state index contributed by atoms with van der Waals surface area (Å²) in [5.74, 6) is 1.36. The predicted octanol–water partition coefficient (Wildman–Crippen LogP) is 2.29. The van der Waals surface area contributed by atoms with Crippen molar-refractivity contribution in [2.75, 3.05) is 13.2 Å². The molecule has 0 radical (unpaired) electrons. The van der Waals surface area contributed by atoms with Crippen LogP contribution in [0.1, 0.15) is 6.42 Å². The number of nitrogens with one attached hydrogen (secondary N) is 1. The first-order valence-electron chi connectivity index (χ1n) is 5.36. The van der Waals surface area contributed by atoms with Crippen molar-refractivity contribution in [3.63, 3.8) is 0 Å². The molecule has 0 amide bonds. The van der Waals surface area contributed by atoms with E-state index in [4.69, 9.17) is 9.47 Å². The maximum Gasteiger partial charge on any atom is 0.202 e. The molecule has 2 aromatic rings. The van der Waals surface area contributed by atoms with Gasteiger partial charge in [0.2, 0.25) is 5.43 Å². The van der Waals surface area contributed by atoms with E-state index in [0.29, 0.717) is 33.7 Å². The zero-order chi connectivity index (χ0) is 11.8. The van der Waals surface area contributed by atoms with Crippen molar-refractivity contribution in [2.45, 2.75) is 6.42 Å². The fraction of sp³-hybridized carbons (Fsp3) is 0.250. The number of rotatable bonds is 0. The van der Waals surface area contributed by atoms with Gasteiger partial charge in [-0.15, -0.1) is 0 Å². The highest BCUT2D eigenvalue weighted by atomic mass is 127. The van der Waals surface area contributed by atoms with E-state index in [2.05, 4.69) is 4.98 Å². The SMILES string of the molecule is O=c1c(I)c[nH]c2cc3c(cc12)OCCCO3. The maximum atomic E-state index is 12.0. The molecule has 1 aromatic carbocycles. The summed E-state index contributed by atoms with van der Waals surface area (Å²) < 4.78 is 11.8. The number of hydrogen-bond donors (Lipinski definition) is 1. The monoisotopic (exact) mass is 343 g/mol. The lowest BCUT2D eigenvalue weighted by atomic mass is 10.2. The van der Waals surface area contributed by atoms with E-state index in [1.165, 1.54) is 0 Å². The fourth-order valence-corrected chi connectivity index (χ4v) is 2.30. The highest BCUT2D eigenvalue weighted by molar-refractivity contribution is 14.1. The number of ether oxygens (including phenoxy) is 2. The predicted molar refractivity (Wildman–Crippen MR) is 72.9 cm³/mol. The Kier molecular flexibility index (Phi) is 2.70. The van der Waals surface area contributed by atoms with Crippen LogP contribution in [0.25, 0.3) is 10.9 Å². The normalized spacial score (nSPS) is 14.6. The summed E-state index contributed by atoms with van der Waals surface area (Å²) in [6.45, 7) is 1.27. The second-order valence-electron chi connectivity index (χ2n) is 3.86. The van der Waals surface area contributed by atoms with Crippen molar-refractivity contribution >= 4 is 33.5 Å². The molecule has 3 rings (SSSR count). The Balaban J connectivity index is 2.29. The summed E-state index contributed by atoms with van der Waals surface area (Å²) in [6, 6.07) is 3.59. The quantitative estimate of drug-likeness (QED) is 0.747. The van der Waals surface area contributed by atoms with Crippen LogP contribution in [0.15, 0.2) is 23.1 Å². The van der Waals surface area contributed by atoms with Crippen LogP contribution in [0.2, 0.25) is 0 Å². The first-order valence-corrected chi connectivity index (χ1v) is 6.44. The minimum Gasteiger partial charge on any atom is -0.490 e. The highest BCUT2D eigenvalue weighted by Gasteiger charge is 2.13. The van der Waals surface area contributed by atoms with Gasteiger partial charge in [0, 0.05) is 18.7 Å². The van der Waals surface area contributed by atoms with Gasteiger partial charge in [0.1, 0.15) is 0 Å². The second kappa shape index (κ2) is 4.21. The van der Waals surface area contributed by atoms with Gasteiger partial charge in [-0.3, -0.25) is 4.79 Å². The number of benzene rings is 1. The summed E-state index contributed by atoms with van der Waals surface area (Å²) >= 11 is 2.02. The van der Waals surface area contributed by atoms with E-state index in [0.717, 1.165) is 11.9 Å². The molecule has 88 valence electrons. The Morgan fingerprint density at radius 2 is 1.88 bits per heavy atom. The van der Waals surface area contributed by atoms with Crippen LogP contribution in [-0.2, 0) is 0 Å². The Morgan fingerprint density at radius 3 is 2.65 bits per heavy atom. The molecule has 17 heavy (non-hydrogen) atoms. The van der Waals surface area contributed by atoms with Crippen molar-refractivity contribution in [1.29, 1.82) is 0 Å². The molecule has 0 aliphatic carbocycles. The van der Waals surface area contributed by atoms with E-state index < -0.39 is 0 Å². The molecular formula is C12H10INO3. The third-order valence-electron chi connectivity index (χ3n) is 2.70. The molecule has 0 unspecified atom stereocenters. The summed E-state index contributed by atoms with van der Waals surface area (Å²) in [5.41, 5.74) is 0.801. The lowest BCUT2D eigenvalue weighted by Crippen LogP contribution is -2.06. The molecule has 5 heteroatoms. The van der Waals surface area contributed by atoms with Gasteiger partial charge in [-0.1, -0.05) is 0 Å². The van der Waals surface area contributed by atoms with Gasteiger partial charge >= 0.3 is 0 Å². The van der Waals surface area contributed by atoms with Gasteiger partial charge in [-0.05, 0) is 28.7 Å².